The maximum atomic E-state index is 5.75. The highest BCUT2D eigenvalue weighted by molar-refractivity contribution is 7.99. The average Bonchev–Trinajstić information content (AvgIpc) is 2.27. The van der Waals surface area contributed by atoms with Crippen LogP contribution in [-0.2, 0) is 0 Å². The van der Waals surface area contributed by atoms with Gasteiger partial charge < -0.3 is 0 Å². The van der Waals surface area contributed by atoms with Gasteiger partial charge in [-0.2, -0.15) is 0 Å². The highest BCUT2D eigenvalue weighted by atomic mass is 35.5. The molecule has 0 spiro atoms. The van der Waals surface area contributed by atoms with Crippen LogP contribution in [-0.4, -0.2) is 15.0 Å². The van der Waals surface area contributed by atoms with Crippen molar-refractivity contribution in [2.45, 2.75) is 17.0 Å². The van der Waals surface area contributed by atoms with Crippen LogP contribution in [0.3, 0.4) is 0 Å². The third-order valence-electron chi connectivity index (χ3n) is 1.80. The summed E-state index contributed by atoms with van der Waals surface area (Å²) in [6.45, 7) is 1.93. The van der Waals surface area contributed by atoms with Crippen LogP contribution in [0.5, 0.6) is 0 Å². The van der Waals surface area contributed by atoms with Crippen LogP contribution in [0.1, 0.15) is 5.56 Å². The molecule has 0 saturated heterocycles. The molecule has 0 N–H and O–H groups in total. The van der Waals surface area contributed by atoms with Crippen LogP contribution in [0.15, 0.2) is 34.6 Å². The van der Waals surface area contributed by atoms with E-state index in [0.29, 0.717) is 5.02 Å². The predicted molar refractivity (Wildman–Crippen MR) is 65.1 cm³/mol. The molecule has 0 unspecified atom stereocenters. The van der Waals surface area contributed by atoms with Crippen molar-refractivity contribution >= 4 is 35.0 Å². The van der Waals surface area contributed by atoms with Gasteiger partial charge >= 0.3 is 0 Å². The van der Waals surface area contributed by atoms with Gasteiger partial charge in [-0.1, -0.05) is 11.6 Å². The fraction of sp³-hybridized carbons (Fsp3) is 0.100. The molecule has 0 saturated carbocycles. The molecule has 0 atom stereocenters. The lowest BCUT2D eigenvalue weighted by atomic mass is 10.4. The zero-order valence-electron chi connectivity index (χ0n) is 8.32. The van der Waals surface area contributed by atoms with Gasteiger partial charge in [0, 0.05) is 18.0 Å². The molecule has 0 amide bonds. The summed E-state index contributed by atoms with van der Waals surface area (Å²) < 4.78 is 0. The van der Waals surface area contributed by atoms with Crippen molar-refractivity contribution in [1.82, 2.24) is 15.0 Å². The Bertz CT molecular complexity index is 502. The summed E-state index contributed by atoms with van der Waals surface area (Å²) in [6, 6.07) is 3.62. The first-order chi connectivity index (χ1) is 7.65. The summed E-state index contributed by atoms with van der Waals surface area (Å²) in [5, 5.41) is 2.47. The number of pyridine rings is 1. The highest BCUT2D eigenvalue weighted by Crippen LogP contribution is 2.27. The lowest BCUT2D eigenvalue weighted by Crippen LogP contribution is -1.90. The third kappa shape index (κ3) is 2.84. The molecule has 0 aromatic carbocycles. The normalized spacial score (nSPS) is 10.4. The topological polar surface area (TPSA) is 38.7 Å². The molecule has 82 valence electrons. The second-order valence-electron chi connectivity index (χ2n) is 3.04. The minimum atomic E-state index is 0.238. The van der Waals surface area contributed by atoms with Gasteiger partial charge in [-0.05, 0) is 42.4 Å². The van der Waals surface area contributed by atoms with Crippen LogP contribution in [0, 0.1) is 6.92 Å². The smallest absolute Gasteiger partial charge is 0.223 e. The average molecular weight is 272 g/mol. The molecule has 0 radical (unpaired) electrons. The van der Waals surface area contributed by atoms with Gasteiger partial charge in [0.15, 0.2) is 0 Å². The van der Waals surface area contributed by atoms with Crippen molar-refractivity contribution in [2.75, 3.05) is 0 Å². The maximum Gasteiger partial charge on any atom is 0.223 e. The molecule has 6 heteroatoms. The molecule has 0 aliphatic rings. The predicted octanol–water partition coefficient (Wildman–Crippen LogP) is 3.64. The molecule has 0 fully saturated rings. The molecule has 16 heavy (non-hydrogen) atoms. The lowest BCUT2D eigenvalue weighted by molar-refractivity contribution is 0.997. The molecule has 2 heterocycles. The Morgan fingerprint density at radius 3 is 2.62 bits per heavy atom. The van der Waals surface area contributed by atoms with Gasteiger partial charge in [-0.3, -0.25) is 0 Å². The van der Waals surface area contributed by atoms with E-state index in [1.54, 1.807) is 18.5 Å². The van der Waals surface area contributed by atoms with Crippen molar-refractivity contribution in [3.8, 4) is 0 Å². The quantitative estimate of drug-likeness (QED) is 0.618. The molecule has 0 bridgehead atoms. The Morgan fingerprint density at radius 1 is 1.12 bits per heavy atom. The number of nitrogens with zero attached hydrogens (tertiary/aromatic N) is 3. The Kier molecular flexibility index (Phi) is 3.63. The second kappa shape index (κ2) is 4.99. The number of aryl methyl sites for hydroxylation is 1. The zero-order chi connectivity index (χ0) is 11.5. The zero-order valence-corrected chi connectivity index (χ0v) is 10.6. The SMILES string of the molecule is Cc1cnc(Cl)nc1Sc1ccc(Cl)cn1. The monoisotopic (exact) mass is 271 g/mol. The summed E-state index contributed by atoms with van der Waals surface area (Å²) in [5.74, 6) is 0. The summed E-state index contributed by atoms with van der Waals surface area (Å²) in [6.07, 6.45) is 3.29. The van der Waals surface area contributed by atoms with E-state index in [-0.39, 0.29) is 5.28 Å². The number of hydrogen-bond donors (Lipinski definition) is 0. The first-order valence-electron chi connectivity index (χ1n) is 4.44. The first-order valence-corrected chi connectivity index (χ1v) is 6.01. The van der Waals surface area contributed by atoms with E-state index in [2.05, 4.69) is 15.0 Å². The molecule has 0 aliphatic heterocycles. The number of rotatable bonds is 2. The number of halogens is 2. The van der Waals surface area contributed by atoms with E-state index in [1.165, 1.54) is 11.8 Å². The Labute approximate surface area is 107 Å². The Balaban J connectivity index is 2.26. The van der Waals surface area contributed by atoms with Crippen molar-refractivity contribution in [2.24, 2.45) is 0 Å². The lowest BCUT2D eigenvalue weighted by Gasteiger charge is -2.03. The summed E-state index contributed by atoms with van der Waals surface area (Å²) in [5.41, 5.74) is 0.964. The van der Waals surface area contributed by atoms with Crippen LogP contribution in [0.25, 0.3) is 0 Å². The summed E-state index contributed by atoms with van der Waals surface area (Å²) in [7, 11) is 0. The maximum absolute atomic E-state index is 5.75. The molecular weight excluding hydrogens is 265 g/mol. The van der Waals surface area contributed by atoms with Crippen molar-refractivity contribution in [3.63, 3.8) is 0 Å². The molecule has 3 nitrogen and oxygen atoms in total. The van der Waals surface area contributed by atoms with Crippen LogP contribution < -0.4 is 0 Å². The number of hydrogen-bond acceptors (Lipinski definition) is 4. The number of aromatic nitrogens is 3. The standard InChI is InChI=1S/C10H7Cl2N3S/c1-6-4-14-10(12)15-9(6)16-8-3-2-7(11)5-13-8/h2-5H,1H3. The first kappa shape index (κ1) is 11.6. The van der Waals surface area contributed by atoms with Gasteiger partial charge in [-0.15, -0.1) is 0 Å². The molecule has 2 aromatic heterocycles. The fourth-order valence-corrected chi connectivity index (χ4v) is 2.11. The van der Waals surface area contributed by atoms with Crippen LogP contribution in [0.4, 0.5) is 0 Å². The Morgan fingerprint density at radius 2 is 1.94 bits per heavy atom. The summed E-state index contributed by atoms with van der Waals surface area (Å²) >= 11 is 12.9. The van der Waals surface area contributed by atoms with Gasteiger partial charge in [-0.25, -0.2) is 15.0 Å². The minimum absolute atomic E-state index is 0.238. The molecule has 2 rings (SSSR count). The van der Waals surface area contributed by atoms with E-state index in [0.717, 1.165) is 15.6 Å². The van der Waals surface area contributed by atoms with E-state index in [4.69, 9.17) is 23.2 Å². The van der Waals surface area contributed by atoms with E-state index >= 15 is 0 Å². The third-order valence-corrected chi connectivity index (χ3v) is 3.26. The molecule has 0 aliphatic carbocycles. The fourth-order valence-electron chi connectivity index (χ4n) is 1.03. The Hall–Kier alpha value is -0.840. The minimum Gasteiger partial charge on any atom is -0.248 e. The summed E-state index contributed by atoms with van der Waals surface area (Å²) in [4.78, 5) is 12.2. The second-order valence-corrected chi connectivity index (χ2v) is 4.83. The highest BCUT2D eigenvalue weighted by Gasteiger charge is 2.05. The molecule has 2 aromatic rings. The van der Waals surface area contributed by atoms with Gasteiger partial charge in [0.25, 0.3) is 0 Å². The van der Waals surface area contributed by atoms with E-state index in [1.807, 2.05) is 13.0 Å². The molecular formula is C10H7Cl2N3S. The van der Waals surface area contributed by atoms with E-state index in [9.17, 15) is 0 Å². The van der Waals surface area contributed by atoms with Crippen molar-refractivity contribution in [1.29, 1.82) is 0 Å². The van der Waals surface area contributed by atoms with E-state index < -0.39 is 0 Å². The van der Waals surface area contributed by atoms with Gasteiger partial charge in [0.2, 0.25) is 5.28 Å². The van der Waals surface area contributed by atoms with Crippen molar-refractivity contribution < 1.29 is 0 Å². The largest absolute Gasteiger partial charge is 0.248 e. The van der Waals surface area contributed by atoms with Gasteiger partial charge in [0.05, 0.1) is 5.02 Å². The van der Waals surface area contributed by atoms with Gasteiger partial charge in [0.1, 0.15) is 10.1 Å². The van der Waals surface area contributed by atoms with Crippen molar-refractivity contribution in [3.05, 3.63) is 40.4 Å². The van der Waals surface area contributed by atoms with Crippen LogP contribution >= 0.6 is 35.0 Å². The van der Waals surface area contributed by atoms with Crippen LogP contribution in [0.2, 0.25) is 10.3 Å².